The third-order valence-corrected chi connectivity index (χ3v) is 4.89. The summed E-state index contributed by atoms with van der Waals surface area (Å²) in [5, 5.41) is 0. The van der Waals surface area contributed by atoms with E-state index >= 15 is 0 Å². The molecule has 7 nitrogen and oxygen atoms in total. The smallest absolute Gasteiger partial charge is 0.264 e. The fourth-order valence-electron chi connectivity index (χ4n) is 3.37. The summed E-state index contributed by atoms with van der Waals surface area (Å²) in [5.41, 5.74) is 0. The molecule has 0 unspecified atom stereocenters. The monoisotopic (exact) mass is 380 g/mol. The van der Waals surface area contributed by atoms with Crippen LogP contribution in [0, 0.1) is 0 Å². The molecular weight excluding hydrogens is 348 g/mol. The third-order valence-electron chi connectivity index (χ3n) is 4.32. The highest BCUT2D eigenvalue weighted by atomic mass is 32.2. The van der Waals surface area contributed by atoms with E-state index in [9.17, 15) is 8.42 Å². The number of rotatable bonds is 8. The van der Waals surface area contributed by atoms with Gasteiger partial charge < -0.3 is 18.9 Å². The lowest BCUT2D eigenvalue weighted by Crippen LogP contribution is -2.47. The first kappa shape index (κ1) is 21.1. The average molecular weight is 381 g/mol. The molecule has 2 aliphatic rings. The molecule has 2 aliphatic heterocycles. The molecule has 0 N–H and O–H groups in total. The molecule has 0 aliphatic carbocycles. The van der Waals surface area contributed by atoms with Crippen molar-refractivity contribution in [2.45, 2.75) is 96.3 Å². The van der Waals surface area contributed by atoms with E-state index < -0.39 is 40.0 Å². The predicted molar refractivity (Wildman–Crippen MR) is 92.6 cm³/mol. The Kier molecular flexibility index (Phi) is 6.55. The minimum atomic E-state index is -3.69. The molecule has 2 rings (SSSR count). The van der Waals surface area contributed by atoms with E-state index in [1.54, 1.807) is 13.8 Å². The molecule has 0 spiro atoms. The first-order valence-electron chi connectivity index (χ1n) is 8.98. The molecular formula is C17H32O7S. The van der Waals surface area contributed by atoms with Crippen LogP contribution in [0.25, 0.3) is 0 Å². The minimum Gasteiger partial charge on any atom is -0.348 e. The summed E-state index contributed by atoms with van der Waals surface area (Å²) in [6.07, 6.45) is 2.84. The Morgan fingerprint density at radius 3 is 2.28 bits per heavy atom. The van der Waals surface area contributed by atoms with Crippen molar-refractivity contribution in [1.82, 2.24) is 0 Å². The fraction of sp³-hybridized carbons (Fsp3) is 1.00. The first-order valence-corrected chi connectivity index (χ1v) is 10.8. The summed E-state index contributed by atoms with van der Waals surface area (Å²) < 4.78 is 52.6. The highest BCUT2D eigenvalue weighted by molar-refractivity contribution is 7.86. The van der Waals surface area contributed by atoms with Gasteiger partial charge >= 0.3 is 0 Å². The highest BCUT2D eigenvalue weighted by Gasteiger charge is 2.51. The van der Waals surface area contributed by atoms with Crippen molar-refractivity contribution < 1.29 is 31.5 Å². The van der Waals surface area contributed by atoms with E-state index in [0.29, 0.717) is 0 Å². The van der Waals surface area contributed by atoms with Gasteiger partial charge in [-0.3, -0.25) is 4.18 Å². The number of hydrogen-bond acceptors (Lipinski definition) is 7. The van der Waals surface area contributed by atoms with E-state index in [-0.39, 0.29) is 12.7 Å². The normalized spacial score (nSPS) is 32.8. The van der Waals surface area contributed by atoms with Gasteiger partial charge in [0.25, 0.3) is 10.1 Å². The third kappa shape index (κ3) is 6.15. The van der Waals surface area contributed by atoms with Gasteiger partial charge in [-0.2, -0.15) is 8.42 Å². The number of ether oxygens (including phenoxy) is 4. The second-order valence-electron chi connectivity index (χ2n) is 7.77. The fourth-order valence-corrected chi connectivity index (χ4v) is 4.00. The van der Waals surface area contributed by atoms with Crippen molar-refractivity contribution in [3.05, 3.63) is 0 Å². The van der Waals surface area contributed by atoms with Crippen LogP contribution >= 0.6 is 0 Å². The molecule has 25 heavy (non-hydrogen) atoms. The zero-order chi connectivity index (χ0) is 18.9. The second-order valence-corrected chi connectivity index (χ2v) is 9.37. The average Bonchev–Trinajstić information content (AvgIpc) is 2.95. The van der Waals surface area contributed by atoms with Gasteiger partial charge in [0.05, 0.1) is 19.0 Å². The molecule has 8 heteroatoms. The lowest BCUT2D eigenvalue weighted by Gasteiger charge is -2.30. The lowest BCUT2D eigenvalue weighted by molar-refractivity contribution is -0.174. The van der Waals surface area contributed by atoms with Crippen LogP contribution in [0.4, 0.5) is 0 Å². The quantitative estimate of drug-likeness (QED) is 0.473. The van der Waals surface area contributed by atoms with Gasteiger partial charge in [-0.05, 0) is 34.1 Å². The van der Waals surface area contributed by atoms with Gasteiger partial charge in [0.15, 0.2) is 11.6 Å². The van der Waals surface area contributed by atoms with E-state index in [0.717, 1.165) is 31.9 Å². The van der Waals surface area contributed by atoms with E-state index in [1.807, 2.05) is 13.8 Å². The molecule has 2 saturated heterocycles. The lowest BCUT2D eigenvalue weighted by atomic mass is 9.99. The Labute approximate surface area is 151 Å². The molecule has 2 heterocycles. The van der Waals surface area contributed by atoms with E-state index in [4.69, 9.17) is 23.1 Å². The standard InChI is InChI=1S/C17H32O7S/c1-7-8-9-10-12-14(23-17(4,5)21-12)15(24-25(6,18)19)13-11-20-16(2,3)22-13/h12-15H,7-11H2,1-6H3/t12-,13-,14-,15-/m1/s1. The van der Waals surface area contributed by atoms with Gasteiger partial charge in [0, 0.05) is 0 Å². The maximum atomic E-state index is 11.8. The van der Waals surface area contributed by atoms with Crippen molar-refractivity contribution in [3.8, 4) is 0 Å². The summed E-state index contributed by atoms with van der Waals surface area (Å²) in [7, 11) is -3.69. The molecule has 2 fully saturated rings. The van der Waals surface area contributed by atoms with Gasteiger partial charge in [-0.1, -0.05) is 26.2 Å². The van der Waals surface area contributed by atoms with Crippen LogP contribution in [0.5, 0.6) is 0 Å². The number of unbranched alkanes of at least 4 members (excludes halogenated alkanes) is 2. The Balaban J connectivity index is 2.20. The van der Waals surface area contributed by atoms with Gasteiger partial charge in [0.2, 0.25) is 0 Å². The topological polar surface area (TPSA) is 80.3 Å². The molecule has 0 aromatic rings. The van der Waals surface area contributed by atoms with Crippen molar-refractivity contribution in [3.63, 3.8) is 0 Å². The van der Waals surface area contributed by atoms with Gasteiger partial charge in [-0.25, -0.2) is 0 Å². The Bertz CT molecular complexity index is 543. The van der Waals surface area contributed by atoms with Crippen LogP contribution in [-0.4, -0.2) is 57.3 Å². The van der Waals surface area contributed by atoms with Crippen molar-refractivity contribution >= 4 is 10.1 Å². The highest BCUT2D eigenvalue weighted by Crippen LogP contribution is 2.37. The zero-order valence-corrected chi connectivity index (χ0v) is 16.9. The van der Waals surface area contributed by atoms with Crippen molar-refractivity contribution in [2.75, 3.05) is 12.9 Å². The largest absolute Gasteiger partial charge is 0.348 e. The van der Waals surface area contributed by atoms with Gasteiger partial charge in [-0.15, -0.1) is 0 Å². The van der Waals surface area contributed by atoms with Crippen LogP contribution in [0.3, 0.4) is 0 Å². The maximum Gasteiger partial charge on any atom is 0.264 e. The van der Waals surface area contributed by atoms with Crippen LogP contribution in [-0.2, 0) is 33.2 Å². The molecule has 0 saturated carbocycles. The van der Waals surface area contributed by atoms with Crippen LogP contribution in [0.1, 0.15) is 60.3 Å². The molecule has 0 aromatic heterocycles. The molecule has 0 radical (unpaired) electrons. The predicted octanol–water partition coefficient (Wildman–Crippen LogP) is 2.58. The summed E-state index contributed by atoms with van der Waals surface area (Å²) in [6.45, 7) is 9.61. The number of hydrogen-bond donors (Lipinski definition) is 0. The van der Waals surface area contributed by atoms with Gasteiger partial charge in [0.1, 0.15) is 18.3 Å². The Hall–Kier alpha value is -0.250. The van der Waals surface area contributed by atoms with E-state index in [1.165, 1.54) is 0 Å². The summed E-state index contributed by atoms with van der Waals surface area (Å²) >= 11 is 0. The second kappa shape index (κ2) is 7.78. The van der Waals surface area contributed by atoms with Crippen LogP contribution in [0.15, 0.2) is 0 Å². The molecule has 148 valence electrons. The molecule has 4 atom stereocenters. The van der Waals surface area contributed by atoms with Crippen LogP contribution < -0.4 is 0 Å². The van der Waals surface area contributed by atoms with Crippen molar-refractivity contribution in [1.29, 1.82) is 0 Å². The maximum absolute atomic E-state index is 11.8. The first-order chi connectivity index (χ1) is 11.4. The summed E-state index contributed by atoms with van der Waals surface area (Å²) in [6, 6.07) is 0. The van der Waals surface area contributed by atoms with Crippen LogP contribution in [0.2, 0.25) is 0 Å². The zero-order valence-electron chi connectivity index (χ0n) is 16.1. The molecule has 0 aromatic carbocycles. The Morgan fingerprint density at radius 2 is 1.76 bits per heavy atom. The molecule has 0 bridgehead atoms. The Morgan fingerprint density at radius 1 is 1.08 bits per heavy atom. The SMILES string of the molecule is CCCCC[C@H]1OC(C)(C)O[C@H]1[C@H](OS(C)(=O)=O)[C@H]1COC(C)(C)O1. The minimum absolute atomic E-state index is 0.245. The van der Waals surface area contributed by atoms with E-state index in [2.05, 4.69) is 6.92 Å². The summed E-state index contributed by atoms with van der Waals surface area (Å²) in [4.78, 5) is 0. The molecule has 0 amide bonds. The summed E-state index contributed by atoms with van der Waals surface area (Å²) in [5.74, 6) is -1.58. The van der Waals surface area contributed by atoms with Crippen molar-refractivity contribution in [2.24, 2.45) is 0 Å².